The fraction of sp³-hybridized carbons (Fsp3) is 0.387. The molecule has 6 rings (SSSR count). The molecule has 0 saturated carbocycles. The topological polar surface area (TPSA) is 98.9 Å². The number of nitrogens with zero attached hydrogens (tertiary/aromatic N) is 4. The number of carboxylic acid groups (broad SMARTS) is 1. The van der Waals surface area contributed by atoms with Crippen molar-refractivity contribution >= 4 is 28.6 Å². The van der Waals surface area contributed by atoms with E-state index in [9.17, 15) is 18.7 Å². The summed E-state index contributed by atoms with van der Waals surface area (Å²) in [7, 11) is 0. The largest absolute Gasteiger partial charge is 0.484 e. The van der Waals surface area contributed by atoms with E-state index in [1.54, 1.807) is 24.3 Å². The van der Waals surface area contributed by atoms with E-state index in [4.69, 9.17) is 25.8 Å². The summed E-state index contributed by atoms with van der Waals surface area (Å²) < 4.78 is 48.4. The van der Waals surface area contributed by atoms with Gasteiger partial charge in [-0.25, -0.2) is 18.7 Å². The summed E-state index contributed by atoms with van der Waals surface area (Å²) in [5.74, 6) is -0.766. The monoisotopic (exact) mass is 612 g/mol. The number of pyridine rings is 1. The van der Waals surface area contributed by atoms with Gasteiger partial charge in [0.25, 0.3) is 0 Å². The Bertz CT molecular complexity index is 1620. The lowest BCUT2D eigenvalue weighted by Crippen LogP contribution is -2.39. The molecule has 9 nitrogen and oxygen atoms in total. The molecule has 2 saturated heterocycles. The summed E-state index contributed by atoms with van der Waals surface area (Å²) in [6.07, 6.45) is 2.18. The number of likely N-dealkylation sites (tertiary alicyclic amines) is 1. The molecule has 0 radical (unpaired) electrons. The molecule has 0 bridgehead atoms. The van der Waals surface area contributed by atoms with Crippen LogP contribution in [-0.2, 0) is 35.6 Å². The number of imidazole rings is 1. The standard InChI is InChI=1S/C31H31ClF2N4O5/c32-20-4-5-27(24(33)15-20)42-18-21-2-1-3-29(35-21)43-22-6-9-37(10-7-22)17-28-36-31-25(34)12-19(14-30(39)40)13-26(31)38(28)16-23-8-11-41-23/h1-5,12-13,15,22-23H,6-11,14,16-18H2,(H,39,40)/t23-/m0/s1. The van der Waals surface area contributed by atoms with E-state index in [0.717, 1.165) is 38.2 Å². The number of aliphatic carboxylic acids is 1. The first-order valence-corrected chi connectivity index (χ1v) is 14.6. The fourth-order valence-electron chi connectivity index (χ4n) is 5.42. The van der Waals surface area contributed by atoms with Crippen LogP contribution in [-0.4, -0.2) is 62.4 Å². The van der Waals surface area contributed by atoms with E-state index in [1.807, 2.05) is 10.6 Å². The molecule has 0 unspecified atom stereocenters. The maximum atomic E-state index is 15.0. The Hall–Kier alpha value is -3.80. The predicted molar refractivity (Wildman–Crippen MR) is 154 cm³/mol. The van der Waals surface area contributed by atoms with Crippen molar-refractivity contribution in [2.75, 3.05) is 19.7 Å². The lowest BCUT2D eigenvalue weighted by molar-refractivity contribution is -0.136. The van der Waals surface area contributed by atoms with Gasteiger partial charge in [-0.2, -0.15) is 0 Å². The molecule has 43 heavy (non-hydrogen) atoms. The van der Waals surface area contributed by atoms with Crippen LogP contribution in [0.15, 0.2) is 48.5 Å². The summed E-state index contributed by atoms with van der Waals surface area (Å²) in [4.78, 5) is 22.7. The summed E-state index contributed by atoms with van der Waals surface area (Å²) >= 11 is 5.80. The van der Waals surface area contributed by atoms with Gasteiger partial charge in [-0.05, 0) is 61.2 Å². The highest BCUT2D eigenvalue weighted by atomic mass is 35.5. The van der Waals surface area contributed by atoms with Crippen molar-refractivity contribution in [2.24, 2.45) is 0 Å². The Kier molecular flexibility index (Phi) is 8.73. The Morgan fingerprint density at radius 2 is 1.88 bits per heavy atom. The van der Waals surface area contributed by atoms with Gasteiger partial charge in [-0.15, -0.1) is 0 Å². The first kappa shape index (κ1) is 29.3. The second-order valence-electron chi connectivity index (χ2n) is 10.9. The predicted octanol–water partition coefficient (Wildman–Crippen LogP) is 5.40. The summed E-state index contributed by atoms with van der Waals surface area (Å²) in [5, 5.41) is 9.52. The number of ether oxygens (including phenoxy) is 3. The number of carboxylic acids is 1. The van der Waals surface area contributed by atoms with Gasteiger partial charge in [-0.1, -0.05) is 17.7 Å². The van der Waals surface area contributed by atoms with Crippen molar-refractivity contribution in [1.29, 1.82) is 0 Å². The zero-order valence-electron chi connectivity index (χ0n) is 23.3. The maximum absolute atomic E-state index is 15.0. The van der Waals surface area contributed by atoms with Gasteiger partial charge in [0.05, 0.1) is 36.8 Å². The van der Waals surface area contributed by atoms with Crippen LogP contribution in [0.1, 0.15) is 36.3 Å². The number of piperidine rings is 1. The number of rotatable bonds is 11. The average molecular weight is 613 g/mol. The van der Waals surface area contributed by atoms with Gasteiger partial charge >= 0.3 is 5.97 Å². The Balaban J connectivity index is 1.08. The van der Waals surface area contributed by atoms with E-state index in [2.05, 4.69) is 14.9 Å². The number of benzene rings is 2. The SMILES string of the molecule is O=C(O)Cc1cc(F)c2nc(CN3CCC(Oc4cccc(COc5ccc(Cl)cc5F)n4)CC3)n(C[C@@H]3CCO3)c2c1. The molecule has 2 aliphatic rings. The zero-order chi connectivity index (χ0) is 29.9. The highest BCUT2D eigenvalue weighted by Crippen LogP contribution is 2.27. The van der Waals surface area contributed by atoms with E-state index in [0.29, 0.717) is 47.4 Å². The minimum absolute atomic E-state index is 0.0281. The number of fused-ring (bicyclic) bond motifs is 1. The second-order valence-corrected chi connectivity index (χ2v) is 11.3. The molecular formula is C31H31ClF2N4O5. The fourth-order valence-corrected chi connectivity index (χ4v) is 5.58. The molecule has 2 aromatic heterocycles. The third-order valence-electron chi connectivity index (χ3n) is 7.72. The van der Waals surface area contributed by atoms with Gasteiger partial charge in [0.15, 0.2) is 17.4 Å². The van der Waals surface area contributed by atoms with Crippen molar-refractivity contribution in [2.45, 2.75) is 57.6 Å². The minimum atomic E-state index is -1.01. The molecule has 0 spiro atoms. The van der Waals surface area contributed by atoms with Crippen LogP contribution >= 0.6 is 11.6 Å². The summed E-state index contributed by atoms with van der Waals surface area (Å²) in [5.41, 5.74) is 1.85. The van der Waals surface area contributed by atoms with Gasteiger partial charge < -0.3 is 23.9 Å². The van der Waals surface area contributed by atoms with Crippen LogP contribution in [0.5, 0.6) is 11.6 Å². The first-order valence-electron chi connectivity index (χ1n) is 14.2. The lowest BCUT2D eigenvalue weighted by Gasteiger charge is -2.32. The zero-order valence-corrected chi connectivity index (χ0v) is 24.1. The molecule has 4 aromatic rings. The van der Waals surface area contributed by atoms with Crippen molar-refractivity contribution in [3.8, 4) is 11.6 Å². The Morgan fingerprint density at radius 3 is 2.60 bits per heavy atom. The molecule has 0 aliphatic carbocycles. The van der Waals surface area contributed by atoms with Crippen molar-refractivity contribution < 1.29 is 32.9 Å². The molecule has 1 atom stereocenters. The summed E-state index contributed by atoms with van der Waals surface area (Å²) in [6.45, 7) is 3.34. The highest BCUT2D eigenvalue weighted by molar-refractivity contribution is 6.30. The molecule has 0 amide bonds. The first-order chi connectivity index (χ1) is 20.8. The summed E-state index contributed by atoms with van der Waals surface area (Å²) in [6, 6.07) is 12.6. The maximum Gasteiger partial charge on any atom is 0.307 e. The molecule has 226 valence electrons. The molecule has 12 heteroatoms. The number of aromatic nitrogens is 3. The van der Waals surface area contributed by atoms with Crippen LogP contribution < -0.4 is 9.47 Å². The van der Waals surface area contributed by atoms with Crippen LogP contribution in [0.3, 0.4) is 0 Å². The Morgan fingerprint density at radius 1 is 1.07 bits per heavy atom. The molecule has 2 aliphatic heterocycles. The van der Waals surface area contributed by atoms with E-state index in [-0.39, 0.29) is 36.5 Å². The third-order valence-corrected chi connectivity index (χ3v) is 7.95. The molecular weight excluding hydrogens is 582 g/mol. The molecule has 2 aromatic carbocycles. The van der Waals surface area contributed by atoms with Crippen LogP contribution in [0.2, 0.25) is 5.02 Å². The quantitative estimate of drug-likeness (QED) is 0.240. The van der Waals surface area contributed by atoms with E-state index < -0.39 is 17.6 Å². The van der Waals surface area contributed by atoms with Crippen molar-refractivity contribution in [3.05, 3.63) is 82.3 Å². The normalized spacial score (nSPS) is 17.6. The second kappa shape index (κ2) is 12.8. The third kappa shape index (κ3) is 7.06. The van der Waals surface area contributed by atoms with Crippen molar-refractivity contribution in [1.82, 2.24) is 19.4 Å². The number of hydrogen-bond acceptors (Lipinski definition) is 7. The molecule has 2 fully saturated rings. The van der Waals surface area contributed by atoms with Crippen molar-refractivity contribution in [3.63, 3.8) is 0 Å². The number of carbonyl (C=O) groups is 1. The number of halogens is 3. The van der Waals surface area contributed by atoms with Crippen LogP contribution in [0.25, 0.3) is 11.0 Å². The average Bonchev–Trinajstić information content (AvgIpc) is 3.28. The lowest BCUT2D eigenvalue weighted by atomic mass is 10.1. The Labute approximate surface area is 252 Å². The van der Waals surface area contributed by atoms with Crippen LogP contribution in [0.4, 0.5) is 8.78 Å². The highest BCUT2D eigenvalue weighted by Gasteiger charge is 2.26. The molecule has 1 N–H and O–H groups in total. The van der Waals surface area contributed by atoms with Gasteiger partial charge in [0.1, 0.15) is 24.1 Å². The van der Waals surface area contributed by atoms with E-state index >= 15 is 0 Å². The smallest absolute Gasteiger partial charge is 0.307 e. The van der Waals surface area contributed by atoms with Gasteiger partial charge in [-0.3, -0.25) is 9.69 Å². The number of hydrogen-bond donors (Lipinski definition) is 1. The molecule has 4 heterocycles. The van der Waals surface area contributed by atoms with E-state index in [1.165, 1.54) is 18.2 Å². The van der Waals surface area contributed by atoms with Gasteiger partial charge in [0, 0.05) is 30.8 Å². The minimum Gasteiger partial charge on any atom is -0.484 e. The van der Waals surface area contributed by atoms with Gasteiger partial charge in [0.2, 0.25) is 5.88 Å². The van der Waals surface area contributed by atoms with Crippen LogP contribution in [0, 0.1) is 11.6 Å².